The number of hydrazine groups is 1. The zero-order valence-electron chi connectivity index (χ0n) is 30.2. The normalized spacial score (nSPS) is 25.2. The lowest BCUT2D eigenvalue weighted by Crippen LogP contribution is -2.53. The highest BCUT2D eigenvalue weighted by Gasteiger charge is 2.71. The lowest BCUT2D eigenvalue weighted by atomic mass is 9.49. The number of nitrogens with one attached hydrogen (secondary N) is 1. The maximum absolute atomic E-state index is 15.5. The molecule has 2 saturated heterocycles. The quantitative estimate of drug-likeness (QED) is 0.0740. The number of aromatic hydroxyl groups is 1. The summed E-state index contributed by atoms with van der Waals surface area (Å²) in [7, 11) is 0. The smallest absolute Gasteiger partial charge is 0.417 e. The molecule has 5 aromatic rings. The molecule has 1 saturated carbocycles. The Balaban J connectivity index is 1.25. The van der Waals surface area contributed by atoms with E-state index in [4.69, 9.17) is 23.2 Å². The third kappa shape index (κ3) is 5.69. The van der Waals surface area contributed by atoms with E-state index in [0.29, 0.717) is 44.2 Å². The van der Waals surface area contributed by atoms with Gasteiger partial charge in [-0.25, -0.2) is 9.88 Å². The summed E-state index contributed by atoms with van der Waals surface area (Å²) in [6.07, 6.45) is -2.66. The highest BCUT2D eigenvalue weighted by molar-refractivity contribution is 6.33. The van der Waals surface area contributed by atoms with Gasteiger partial charge in [0.15, 0.2) is 5.82 Å². The lowest BCUT2D eigenvalue weighted by Gasteiger charge is -2.50. The summed E-state index contributed by atoms with van der Waals surface area (Å²) in [5, 5.41) is 25.4. The van der Waals surface area contributed by atoms with Gasteiger partial charge in [0.05, 0.1) is 44.4 Å². The van der Waals surface area contributed by atoms with Crippen molar-refractivity contribution in [1.82, 2.24) is 9.99 Å². The molecule has 6 unspecified atom stereocenters. The Hall–Kier alpha value is -6.32. The van der Waals surface area contributed by atoms with Crippen LogP contribution in [0.25, 0.3) is 10.8 Å². The number of halogens is 5. The first-order chi connectivity index (χ1) is 28.1. The van der Waals surface area contributed by atoms with E-state index in [-0.39, 0.29) is 35.5 Å². The van der Waals surface area contributed by atoms with Crippen LogP contribution in [0.5, 0.6) is 5.75 Å². The van der Waals surface area contributed by atoms with Gasteiger partial charge < -0.3 is 5.11 Å². The molecule has 3 fully saturated rings. The van der Waals surface area contributed by atoms with E-state index in [0.717, 1.165) is 11.0 Å². The Bertz CT molecular complexity index is 2710. The minimum atomic E-state index is -4.79. The molecule has 2 aliphatic heterocycles. The van der Waals surface area contributed by atoms with Crippen molar-refractivity contribution in [3.8, 4) is 5.75 Å². The molecule has 3 heterocycles. The standard InChI is InChI=1S/C42H28Cl2F3N5O7/c43-23-11-9-21(10-12-23)41-31(38(55)51(40(41)57)49-36-32(44)16-22(19-48-36)42(45,46)47)18-30-27(34(41)29-13-8-20-4-1-2-7-26(20)35(29)53)14-15-28-33(30)39(56)50(37(28)54)24-5-3-6-25(17-24)52(58)59/h1-14,16-17,19,28,30-31,33-34,53H,15,18H2,(H,48,49). The van der Waals surface area contributed by atoms with E-state index < -0.39 is 86.1 Å². The molecule has 298 valence electrons. The summed E-state index contributed by atoms with van der Waals surface area (Å²) >= 11 is 12.6. The summed E-state index contributed by atoms with van der Waals surface area (Å²) in [6.45, 7) is 0. The number of nitro benzene ring substituents is 1. The van der Waals surface area contributed by atoms with Crippen molar-refractivity contribution in [2.24, 2.45) is 23.7 Å². The molecule has 17 heteroatoms. The molecule has 4 amide bonds. The van der Waals surface area contributed by atoms with Gasteiger partial charge in [0, 0.05) is 40.2 Å². The summed E-state index contributed by atoms with van der Waals surface area (Å²) < 4.78 is 40.6. The van der Waals surface area contributed by atoms with Gasteiger partial charge in [0.1, 0.15) is 5.75 Å². The van der Waals surface area contributed by atoms with Crippen molar-refractivity contribution in [2.75, 3.05) is 10.3 Å². The molecule has 12 nitrogen and oxygen atoms in total. The second-order valence-electron chi connectivity index (χ2n) is 14.9. The van der Waals surface area contributed by atoms with Crippen molar-refractivity contribution < 1.29 is 42.4 Å². The van der Waals surface area contributed by atoms with Gasteiger partial charge in [-0.3, -0.25) is 34.7 Å². The summed E-state index contributed by atoms with van der Waals surface area (Å²) in [5.74, 6) is -8.91. The number of rotatable bonds is 6. The highest BCUT2D eigenvalue weighted by Crippen LogP contribution is 2.65. The summed E-state index contributed by atoms with van der Waals surface area (Å²) in [4.78, 5) is 74.9. The van der Waals surface area contributed by atoms with Crippen LogP contribution >= 0.6 is 23.2 Å². The number of phenols is 1. The van der Waals surface area contributed by atoms with Crippen LogP contribution in [0.3, 0.4) is 0 Å². The molecule has 1 aromatic heterocycles. The van der Waals surface area contributed by atoms with Crippen molar-refractivity contribution in [2.45, 2.75) is 30.4 Å². The fourth-order valence-corrected chi connectivity index (χ4v) is 9.97. The van der Waals surface area contributed by atoms with Crippen LogP contribution in [0.1, 0.15) is 35.4 Å². The number of nitrogens with zero attached hydrogens (tertiary/aromatic N) is 4. The third-order valence-electron chi connectivity index (χ3n) is 12.1. The molecular weight excluding hydrogens is 814 g/mol. The number of aromatic nitrogens is 1. The van der Waals surface area contributed by atoms with Crippen molar-refractivity contribution in [3.05, 3.63) is 146 Å². The first-order valence-corrected chi connectivity index (χ1v) is 19.0. The van der Waals surface area contributed by atoms with Gasteiger partial charge in [-0.2, -0.15) is 18.2 Å². The molecule has 4 aliphatic rings. The number of carbonyl (C=O) groups is 4. The number of carbonyl (C=O) groups excluding carboxylic acids is 4. The second kappa shape index (κ2) is 13.6. The number of benzene rings is 4. The van der Waals surface area contributed by atoms with Gasteiger partial charge in [-0.15, -0.1) is 0 Å². The zero-order chi connectivity index (χ0) is 41.7. The van der Waals surface area contributed by atoms with Gasteiger partial charge in [0.25, 0.3) is 17.5 Å². The predicted molar refractivity (Wildman–Crippen MR) is 208 cm³/mol. The van der Waals surface area contributed by atoms with Crippen molar-refractivity contribution in [3.63, 3.8) is 0 Å². The fourth-order valence-electron chi connectivity index (χ4n) is 9.63. The highest BCUT2D eigenvalue weighted by atomic mass is 35.5. The molecule has 0 spiro atoms. The van der Waals surface area contributed by atoms with Crippen LogP contribution in [-0.2, 0) is 30.8 Å². The van der Waals surface area contributed by atoms with Gasteiger partial charge in [-0.05, 0) is 54.0 Å². The Morgan fingerprint density at radius 1 is 0.898 bits per heavy atom. The van der Waals surface area contributed by atoms with Crippen LogP contribution < -0.4 is 10.3 Å². The van der Waals surface area contributed by atoms with E-state index in [2.05, 4.69) is 10.4 Å². The number of nitro groups is 1. The number of alkyl halides is 3. The number of fused-ring (bicyclic) bond motifs is 5. The average Bonchev–Trinajstić information content (AvgIpc) is 3.59. The first-order valence-electron chi connectivity index (χ1n) is 18.3. The minimum Gasteiger partial charge on any atom is -0.507 e. The average molecular weight is 843 g/mol. The first kappa shape index (κ1) is 38.2. The maximum atomic E-state index is 15.5. The predicted octanol–water partition coefficient (Wildman–Crippen LogP) is 8.36. The van der Waals surface area contributed by atoms with Crippen LogP contribution in [-0.4, -0.2) is 43.7 Å². The molecule has 59 heavy (non-hydrogen) atoms. The van der Waals surface area contributed by atoms with E-state index >= 15 is 4.79 Å². The summed E-state index contributed by atoms with van der Waals surface area (Å²) in [6, 6.07) is 22.4. The van der Waals surface area contributed by atoms with Crippen LogP contribution in [0.2, 0.25) is 10.0 Å². The minimum absolute atomic E-state index is 0.00334. The van der Waals surface area contributed by atoms with Crippen molar-refractivity contribution >= 4 is 74.8 Å². The third-order valence-corrected chi connectivity index (χ3v) is 12.6. The maximum Gasteiger partial charge on any atom is 0.417 e. The van der Waals surface area contributed by atoms with E-state index in [1.165, 1.54) is 30.3 Å². The van der Waals surface area contributed by atoms with Crippen molar-refractivity contribution in [1.29, 1.82) is 0 Å². The van der Waals surface area contributed by atoms with Crippen LogP contribution in [0, 0.1) is 33.8 Å². The van der Waals surface area contributed by atoms with Gasteiger partial charge in [0.2, 0.25) is 11.8 Å². The molecule has 9 rings (SSSR count). The number of anilines is 2. The topological polar surface area (TPSA) is 163 Å². The number of amides is 4. The number of imide groups is 2. The molecule has 2 N–H and O–H groups in total. The molecule has 0 bridgehead atoms. The Morgan fingerprint density at radius 3 is 2.36 bits per heavy atom. The van der Waals surface area contributed by atoms with Crippen LogP contribution in [0.15, 0.2) is 109 Å². The van der Waals surface area contributed by atoms with E-state index in [9.17, 15) is 42.8 Å². The van der Waals surface area contributed by atoms with E-state index in [1.54, 1.807) is 54.6 Å². The molecular formula is C42H28Cl2F3N5O7. The van der Waals surface area contributed by atoms with Crippen LogP contribution in [0.4, 0.5) is 30.4 Å². The monoisotopic (exact) mass is 841 g/mol. The number of pyridine rings is 1. The zero-order valence-corrected chi connectivity index (χ0v) is 31.7. The number of phenolic OH excluding ortho intramolecular Hbond substituents is 1. The Kier molecular flexibility index (Phi) is 8.83. The Morgan fingerprint density at radius 2 is 1.64 bits per heavy atom. The SMILES string of the molecule is O=C1C2CC3C(=CCC4C(=O)N(c5cccc([N+](=O)[O-])c5)C(=O)C43)C(c3ccc4ccccc4c3O)C2(c2ccc(Cl)cc2)C(=O)N1Nc1ncc(C(F)(F)F)cc1Cl. The molecule has 2 aliphatic carbocycles. The number of hydrogen-bond acceptors (Lipinski definition) is 9. The number of non-ortho nitro benzene ring substituents is 1. The van der Waals surface area contributed by atoms with Gasteiger partial charge in [-0.1, -0.05) is 89.4 Å². The van der Waals surface area contributed by atoms with E-state index in [1.807, 2.05) is 0 Å². The fraction of sp³-hybridized carbons (Fsp3) is 0.214. The largest absolute Gasteiger partial charge is 0.507 e. The lowest BCUT2D eigenvalue weighted by molar-refractivity contribution is -0.384. The number of allylic oxidation sites excluding steroid dienone is 2. The number of hydrogen-bond donors (Lipinski definition) is 2. The summed E-state index contributed by atoms with van der Waals surface area (Å²) in [5.41, 5.74) is 0.257. The second-order valence-corrected chi connectivity index (χ2v) is 15.8. The molecule has 4 aromatic carbocycles. The molecule has 6 atom stereocenters. The van der Waals surface area contributed by atoms with Gasteiger partial charge >= 0.3 is 6.18 Å². The Labute approximate surface area is 342 Å². The molecule has 0 radical (unpaired) electrons.